The molecule has 1 unspecified atom stereocenters. The van der Waals surface area contributed by atoms with Crippen LogP contribution < -0.4 is 0 Å². The normalized spacial score (nSPS) is 18.0. The highest BCUT2D eigenvalue weighted by Gasteiger charge is 2.16. The first-order chi connectivity index (χ1) is 4.09. The number of hydrogen-bond donors (Lipinski definition) is 2. The van der Waals surface area contributed by atoms with E-state index in [1.165, 1.54) is 0 Å². The van der Waals surface area contributed by atoms with E-state index in [-0.39, 0.29) is 12.5 Å². The molecule has 0 fully saturated rings. The van der Waals surface area contributed by atoms with Crippen LogP contribution in [0.3, 0.4) is 0 Å². The van der Waals surface area contributed by atoms with E-state index in [9.17, 15) is 0 Å². The van der Waals surface area contributed by atoms with Gasteiger partial charge in [-0.25, -0.2) is 0 Å². The smallest absolute Gasteiger partial charge is 0.0564 e. The second-order valence-corrected chi connectivity index (χ2v) is 2.83. The van der Waals surface area contributed by atoms with E-state index in [0.717, 1.165) is 0 Å². The molecule has 0 amide bonds. The first-order valence-corrected chi connectivity index (χ1v) is 3.38. The molecule has 0 aliphatic heterocycles. The lowest BCUT2D eigenvalue weighted by atomic mass is 9.92. The van der Waals surface area contributed by atoms with E-state index in [4.69, 9.17) is 10.2 Å². The van der Waals surface area contributed by atoms with E-state index in [1.54, 1.807) is 6.92 Å². The molecule has 0 aromatic rings. The average molecular weight is 132 g/mol. The van der Waals surface area contributed by atoms with E-state index in [0.29, 0.717) is 5.92 Å². The molecule has 0 aliphatic rings. The average Bonchev–Trinajstić information content (AvgIpc) is 1.64. The number of aliphatic hydroxyl groups is 2. The van der Waals surface area contributed by atoms with Gasteiger partial charge in [-0.05, 0) is 12.8 Å². The molecule has 0 spiro atoms. The first-order valence-electron chi connectivity index (χ1n) is 3.38. The summed E-state index contributed by atoms with van der Waals surface area (Å²) in [6.07, 6.45) is -0.394. The summed E-state index contributed by atoms with van der Waals surface area (Å²) in [7, 11) is 0. The highest BCUT2D eigenvalue weighted by molar-refractivity contribution is 4.66. The summed E-state index contributed by atoms with van der Waals surface area (Å²) in [5.74, 6) is 0.389. The summed E-state index contributed by atoms with van der Waals surface area (Å²) in [5.41, 5.74) is 0. The summed E-state index contributed by atoms with van der Waals surface area (Å²) >= 11 is 0. The summed E-state index contributed by atoms with van der Waals surface area (Å²) < 4.78 is 0. The molecule has 56 valence electrons. The van der Waals surface area contributed by atoms with E-state index in [1.807, 2.05) is 13.8 Å². The fourth-order valence-electron chi connectivity index (χ4n) is 0.920. The second-order valence-electron chi connectivity index (χ2n) is 2.83. The third-order valence-corrected chi connectivity index (χ3v) is 1.69. The zero-order valence-corrected chi connectivity index (χ0v) is 6.33. The number of hydrogen-bond acceptors (Lipinski definition) is 2. The summed E-state index contributed by atoms with van der Waals surface area (Å²) in [4.78, 5) is 0. The van der Waals surface area contributed by atoms with Gasteiger partial charge >= 0.3 is 0 Å². The zero-order valence-electron chi connectivity index (χ0n) is 6.33. The van der Waals surface area contributed by atoms with Crippen LogP contribution in [-0.2, 0) is 0 Å². The fraction of sp³-hybridized carbons (Fsp3) is 1.00. The summed E-state index contributed by atoms with van der Waals surface area (Å²) in [6.45, 7) is 5.78. The molecule has 0 aromatic carbocycles. The van der Waals surface area contributed by atoms with E-state index < -0.39 is 6.10 Å². The maximum atomic E-state index is 9.02. The van der Waals surface area contributed by atoms with Crippen LogP contribution in [0.25, 0.3) is 0 Å². The Kier molecular flexibility index (Phi) is 3.82. The Balaban J connectivity index is 3.68. The van der Waals surface area contributed by atoms with Crippen LogP contribution in [0.2, 0.25) is 0 Å². The molecule has 2 nitrogen and oxygen atoms in total. The van der Waals surface area contributed by atoms with Crippen LogP contribution in [0.4, 0.5) is 0 Å². The Morgan fingerprint density at radius 1 is 1.22 bits per heavy atom. The molecule has 2 N–H and O–H groups in total. The van der Waals surface area contributed by atoms with Crippen molar-refractivity contribution < 1.29 is 10.2 Å². The molecular weight excluding hydrogens is 116 g/mol. The van der Waals surface area contributed by atoms with Crippen molar-refractivity contribution in [2.45, 2.75) is 26.9 Å². The Morgan fingerprint density at radius 2 is 1.67 bits per heavy atom. The molecule has 0 heterocycles. The predicted molar refractivity (Wildman–Crippen MR) is 37.1 cm³/mol. The fourth-order valence-corrected chi connectivity index (χ4v) is 0.920. The van der Waals surface area contributed by atoms with Crippen LogP contribution in [0.15, 0.2) is 0 Å². The van der Waals surface area contributed by atoms with Gasteiger partial charge in [0.25, 0.3) is 0 Å². The van der Waals surface area contributed by atoms with Crippen LogP contribution in [0.1, 0.15) is 20.8 Å². The number of rotatable bonds is 3. The van der Waals surface area contributed by atoms with Gasteiger partial charge in [-0.3, -0.25) is 0 Å². The predicted octanol–water partition coefficient (Wildman–Crippen LogP) is 0.632. The quantitative estimate of drug-likeness (QED) is 0.591. The lowest BCUT2D eigenvalue weighted by Gasteiger charge is -2.20. The Labute approximate surface area is 56.5 Å². The molecule has 2 heteroatoms. The zero-order chi connectivity index (χ0) is 7.44. The van der Waals surface area contributed by atoms with Crippen LogP contribution >= 0.6 is 0 Å². The molecule has 0 aliphatic carbocycles. The topological polar surface area (TPSA) is 40.5 Å². The largest absolute Gasteiger partial charge is 0.396 e. The Morgan fingerprint density at radius 3 is 1.67 bits per heavy atom. The maximum absolute atomic E-state index is 9.02. The van der Waals surface area contributed by atoms with Gasteiger partial charge < -0.3 is 10.2 Å². The second kappa shape index (κ2) is 3.85. The van der Waals surface area contributed by atoms with E-state index >= 15 is 0 Å². The van der Waals surface area contributed by atoms with Crippen molar-refractivity contribution in [1.29, 1.82) is 0 Å². The Bertz CT molecular complexity index is 61.3. The van der Waals surface area contributed by atoms with Crippen molar-refractivity contribution >= 4 is 0 Å². The van der Waals surface area contributed by atoms with Gasteiger partial charge in [0.05, 0.1) is 6.10 Å². The highest BCUT2D eigenvalue weighted by atomic mass is 16.3. The number of aliphatic hydroxyl groups excluding tert-OH is 2. The monoisotopic (exact) mass is 132 g/mol. The minimum atomic E-state index is -0.394. The minimum absolute atomic E-state index is 0.0324. The lowest BCUT2D eigenvalue weighted by Crippen LogP contribution is -2.25. The lowest BCUT2D eigenvalue weighted by molar-refractivity contribution is 0.0542. The van der Waals surface area contributed by atoms with Crippen LogP contribution in [0, 0.1) is 11.8 Å². The molecule has 2 atom stereocenters. The van der Waals surface area contributed by atoms with Gasteiger partial charge in [0.2, 0.25) is 0 Å². The molecule has 0 radical (unpaired) electrons. The standard InChI is InChI=1S/C7H16O2/c1-5(2)7(4-8)6(3)9/h5-9H,4H2,1-3H3/t6?,7-/m1/s1. The van der Waals surface area contributed by atoms with E-state index in [2.05, 4.69) is 0 Å². The molecule has 0 bridgehead atoms. The molecule has 0 saturated carbocycles. The third-order valence-electron chi connectivity index (χ3n) is 1.69. The van der Waals surface area contributed by atoms with Crippen LogP contribution in [-0.4, -0.2) is 22.9 Å². The van der Waals surface area contributed by atoms with Crippen molar-refractivity contribution in [1.82, 2.24) is 0 Å². The first kappa shape index (κ1) is 8.92. The third kappa shape index (κ3) is 2.82. The molecule has 0 saturated heterocycles. The summed E-state index contributed by atoms with van der Waals surface area (Å²) in [5, 5.41) is 17.7. The molecule has 0 rings (SSSR count). The maximum Gasteiger partial charge on any atom is 0.0564 e. The molecular formula is C7H16O2. The van der Waals surface area contributed by atoms with Gasteiger partial charge in [0.1, 0.15) is 0 Å². The highest BCUT2D eigenvalue weighted by Crippen LogP contribution is 2.13. The summed E-state index contributed by atoms with van der Waals surface area (Å²) in [6, 6.07) is 0. The van der Waals surface area contributed by atoms with Crippen molar-refractivity contribution in [3.8, 4) is 0 Å². The van der Waals surface area contributed by atoms with Crippen molar-refractivity contribution in [2.75, 3.05) is 6.61 Å². The van der Waals surface area contributed by atoms with Gasteiger partial charge in [0.15, 0.2) is 0 Å². The van der Waals surface area contributed by atoms with Crippen molar-refractivity contribution in [3.05, 3.63) is 0 Å². The van der Waals surface area contributed by atoms with Gasteiger partial charge in [-0.1, -0.05) is 13.8 Å². The van der Waals surface area contributed by atoms with Gasteiger partial charge in [0, 0.05) is 12.5 Å². The van der Waals surface area contributed by atoms with Crippen molar-refractivity contribution in [3.63, 3.8) is 0 Å². The Hall–Kier alpha value is -0.0800. The molecule has 9 heavy (non-hydrogen) atoms. The minimum Gasteiger partial charge on any atom is -0.396 e. The molecule has 0 aromatic heterocycles. The van der Waals surface area contributed by atoms with Gasteiger partial charge in [-0.2, -0.15) is 0 Å². The van der Waals surface area contributed by atoms with Crippen molar-refractivity contribution in [2.24, 2.45) is 11.8 Å². The van der Waals surface area contributed by atoms with Gasteiger partial charge in [-0.15, -0.1) is 0 Å². The SMILES string of the molecule is CC(C)[C@@H](CO)C(C)O. The van der Waals surface area contributed by atoms with Crippen LogP contribution in [0.5, 0.6) is 0 Å².